The molecule has 2 amide bonds. The summed E-state index contributed by atoms with van der Waals surface area (Å²) in [6.45, 7) is 8.67. The van der Waals surface area contributed by atoms with Crippen LogP contribution in [0, 0.1) is 5.92 Å². The van der Waals surface area contributed by atoms with Gasteiger partial charge in [0.05, 0.1) is 6.54 Å². The summed E-state index contributed by atoms with van der Waals surface area (Å²) in [5.41, 5.74) is 0. The van der Waals surface area contributed by atoms with Gasteiger partial charge in [0.25, 0.3) is 0 Å². The van der Waals surface area contributed by atoms with E-state index in [2.05, 4.69) is 24.1 Å². The van der Waals surface area contributed by atoms with E-state index >= 15 is 0 Å². The number of hydrogen-bond donors (Lipinski definition) is 1. The first kappa shape index (κ1) is 16.0. The fourth-order valence-corrected chi connectivity index (χ4v) is 2.63. The van der Waals surface area contributed by atoms with Gasteiger partial charge in [0.15, 0.2) is 0 Å². The predicted octanol–water partition coefficient (Wildman–Crippen LogP) is 0.701. The maximum atomic E-state index is 12.2. The molecular weight excluding hydrogens is 242 g/mol. The molecule has 19 heavy (non-hydrogen) atoms. The van der Waals surface area contributed by atoms with Crippen LogP contribution >= 0.6 is 0 Å². The van der Waals surface area contributed by atoms with Crippen LogP contribution in [0.5, 0.6) is 0 Å². The molecular formula is C14H27N3O2. The van der Waals surface area contributed by atoms with Crippen LogP contribution in [-0.4, -0.2) is 60.9 Å². The fourth-order valence-electron chi connectivity index (χ4n) is 2.63. The molecule has 1 aliphatic rings. The molecule has 0 aromatic heterocycles. The van der Waals surface area contributed by atoms with Crippen LogP contribution in [0.25, 0.3) is 0 Å². The Balaban J connectivity index is 2.41. The van der Waals surface area contributed by atoms with Crippen molar-refractivity contribution in [3.8, 4) is 0 Å². The molecule has 1 unspecified atom stereocenters. The molecule has 1 saturated heterocycles. The number of hydrogen-bond acceptors (Lipinski definition) is 3. The van der Waals surface area contributed by atoms with Crippen LogP contribution in [0.3, 0.4) is 0 Å². The summed E-state index contributed by atoms with van der Waals surface area (Å²) >= 11 is 0. The number of piperidine rings is 1. The first-order chi connectivity index (χ1) is 8.88. The molecule has 1 N–H and O–H groups in total. The first-order valence-corrected chi connectivity index (χ1v) is 7.12. The van der Waals surface area contributed by atoms with Crippen molar-refractivity contribution >= 4 is 11.8 Å². The standard InChI is InChI=1S/C14H27N3O2/c1-11(2)8-16(4)10-14(19)17-7-5-6-13(9-17)15-12(3)18/h11,13H,5-10H2,1-4H3,(H,15,18). The molecule has 5 nitrogen and oxygen atoms in total. The van der Waals surface area contributed by atoms with Gasteiger partial charge in [0.1, 0.15) is 0 Å². The van der Waals surface area contributed by atoms with Crippen molar-refractivity contribution in [3.05, 3.63) is 0 Å². The summed E-state index contributed by atoms with van der Waals surface area (Å²) in [6, 6.07) is 0.116. The van der Waals surface area contributed by atoms with Crippen molar-refractivity contribution in [1.29, 1.82) is 0 Å². The highest BCUT2D eigenvalue weighted by molar-refractivity contribution is 5.78. The zero-order valence-electron chi connectivity index (χ0n) is 12.6. The van der Waals surface area contributed by atoms with E-state index < -0.39 is 0 Å². The number of likely N-dealkylation sites (tertiary alicyclic amines) is 1. The summed E-state index contributed by atoms with van der Waals surface area (Å²) in [5, 5.41) is 2.91. The maximum Gasteiger partial charge on any atom is 0.236 e. The normalized spacial score (nSPS) is 19.9. The van der Waals surface area contributed by atoms with Crippen molar-refractivity contribution < 1.29 is 9.59 Å². The Morgan fingerprint density at radius 1 is 1.42 bits per heavy atom. The Morgan fingerprint density at radius 2 is 2.11 bits per heavy atom. The second-order valence-electron chi connectivity index (χ2n) is 5.97. The lowest BCUT2D eigenvalue weighted by Gasteiger charge is -2.34. The quantitative estimate of drug-likeness (QED) is 0.799. The van der Waals surface area contributed by atoms with Gasteiger partial charge in [-0.1, -0.05) is 13.8 Å². The van der Waals surface area contributed by atoms with Crippen LogP contribution in [0.15, 0.2) is 0 Å². The van der Waals surface area contributed by atoms with Crippen molar-refractivity contribution in [1.82, 2.24) is 15.1 Å². The van der Waals surface area contributed by atoms with Crippen molar-refractivity contribution in [2.24, 2.45) is 5.92 Å². The highest BCUT2D eigenvalue weighted by Crippen LogP contribution is 2.10. The average Bonchev–Trinajstić information content (AvgIpc) is 2.27. The zero-order valence-corrected chi connectivity index (χ0v) is 12.6. The Bertz CT molecular complexity index is 318. The van der Waals surface area contributed by atoms with Gasteiger partial charge >= 0.3 is 0 Å². The third-order valence-electron chi connectivity index (χ3n) is 3.26. The van der Waals surface area contributed by atoms with Crippen LogP contribution < -0.4 is 5.32 Å². The van der Waals surface area contributed by atoms with Gasteiger partial charge in [0.2, 0.25) is 11.8 Å². The Hall–Kier alpha value is -1.10. The van der Waals surface area contributed by atoms with Gasteiger partial charge in [-0.15, -0.1) is 0 Å². The van der Waals surface area contributed by atoms with Crippen LogP contribution in [-0.2, 0) is 9.59 Å². The number of likely N-dealkylation sites (N-methyl/N-ethyl adjacent to an activating group) is 1. The summed E-state index contributed by atoms with van der Waals surface area (Å²) < 4.78 is 0. The number of carbonyl (C=O) groups excluding carboxylic acids is 2. The smallest absolute Gasteiger partial charge is 0.236 e. The lowest BCUT2D eigenvalue weighted by Crippen LogP contribution is -2.51. The average molecular weight is 269 g/mol. The molecule has 0 bridgehead atoms. The molecule has 1 heterocycles. The van der Waals surface area contributed by atoms with Gasteiger partial charge in [-0.3, -0.25) is 14.5 Å². The maximum absolute atomic E-state index is 12.2. The van der Waals surface area contributed by atoms with Gasteiger partial charge in [-0.25, -0.2) is 0 Å². The molecule has 1 fully saturated rings. The van der Waals surface area contributed by atoms with Crippen LogP contribution in [0.2, 0.25) is 0 Å². The van der Waals surface area contributed by atoms with Crippen molar-refractivity contribution in [2.75, 3.05) is 33.2 Å². The number of carbonyl (C=O) groups is 2. The minimum absolute atomic E-state index is 0.0174. The topological polar surface area (TPSA) is 52.7 Å². The number of amides is 2. The molecule has 0 radical (unpaired) electrons. The zero-order chi connectivity index (χ0) is 14.4. The SMILES string of the molecule is CC(=O)NC1CCCN(C(=O)CN(C)CC(C)C)C1. The second kappa shape index (κ2) is 7.48. The predicted molar refractivity (Wildman–Crippen MR) is 75.8 cm³/mol. The van der Waals surface area contributed by atoms with E-state index in [-0.39, 0.29) is 17.9 Å². The number of rotatable bonds is 5. The molecule has 0 spiro atoms. The summed E-state index contributed by atoms with van der Waals surface area (Å²) in [7, 11) is 1.98. The molecule has 0 aromatic carbocycles. The lowest BCUT2D eigenvalue weighted by molar-refractivity contribution is -0.134. The highest BCUT2D eigenvalue weighted by Gasteiger charge is 2.24. The van der Waals surface area contributed by atoms with Crippen LogP contribution in [0.1, 0.15) is 33.6 Å². The molecule has 1 aliphatic heterocycles. The second-order valence-corrected chi connectivity index (χ2v) is 5.97. The van der Waals surface area contributed by atoms with Gasteiger partial charge in [-0.05, 0) is 25.8 Å². The molecule has 0 saturated carbocycles. The molecule has 1 atom stereocenters. The third kappa shape index (κ3) is 6.05. The largest absolute Gasteiger partial charge is 0.352 e. The van der Waals surface area contributed by atoms with Gasteiger partial charge in [0, 0.05) is 32.6 Å². The van der Waals surface area contributed by atoms with Crippen LogP contribution in [0.4, 0.5) is 0 Å². The molecule has 1 rings (SSSR count). The van der Waals surface area contributed by atoms with Crippen molar-refractivity contribution in [3.63, 3.8) is 0 Å². The minimum Gasteiger partial charge on any atom is -0.352 e. The molecule has 5 heteroatoms. The first-order valence-electron chi connectivity index (χ1n) is 7.12. The van der Waals surface area contributed by atoms with E-state index in [1.165, 1.54) is 6.92 Å². The van der Waals surface area contributed by atoms with E-state index in [9.17, 15) is 9.59 Å². The molecule has 0 aliphatic carbocycles. The van der Waals surface area contributed by atoms with E-state index in [0.717, 1.165) is 25.9 Å². The number of nitrogens with zero attached hydrogens (tertiary/aromatic N) is 2. The van der Waals surface area contributed by atoms with E-state index in [4.69, 9.17) is 0 Å². The summed E-state index contributed by atoms with van der Waals surface area (Å²) in [4.78, 5) is 27.2. The minimum atomic E-state index is -0.0174. The third-order valence-corrected chi connectivity index (χ3v) is 3.26. The highest BCUT2D eigenvalue weighted by atomic mass is 16.2. The Morgan fingerprint density at radius 3 is 2.68 bits per heavy atom. The summed E-state index contributed by atoms with van der Waals surface area (Å²) in [6.07, 6.45) is 1.93. The van der Waals surface area contributed by atoms with E-state index in [1.807, 2.05) is 11.9 Å². The van der Waals surface area contributed by atoms with Gasteiger partial charge in [-0.2, -0.15) is 0 Å². The summed E-state index contributed by atoms with van der Waals surface area (Å²) in [5.74, 6) is 0.709. The number of nitrogens with one attached hydrogen (secondary N) is 1. The lowest BCUT2D eigenvalue weighted by atomic mass is 10.1. The van der Waals surface area contributed by atoms with E-state index in [0.29, 0.717) is 19.0 Å². The van der Waals surface area contributed by atoms with Gasteiger partial charge < -0.3 is 10.2 Å². The Labute approximate surface area is 116 Å². The van der Waals surface area contributed by atoms with Crippen molar-refractivity contribution in [2.45, 2.75) is 39.7 Å². The Kier molecular flexibility index (Phi) is 6.28. The molecule has 0 aromatic rings. The van der Waals surface area contributed by atoms with E-state index in [1.54, 1.807) is 0 Å². The molecule has 110 valence electrons. The monoisotopic (exact) mass is 269 g/mol. The fraction of sp³-hybridized carbons (Fsp3) is 0.857.